The Hall–Kier alpha value is -4.40. The molecule has 2 fully saturated rings. The van der Waals surface area contributed by atoms with Crippen LogP contribution < -0.4 is 15.4 Å². The Bertz CT molecular complexity index is 1670. The zero-order chi connectivity index (χ0) is 36.0. The first-order chi connectivity index (χ1) is 24.6. The Morgan fingerprint density at radius 1 is 0.902 bits per heavy atom. The van der Waals surface area contributed by atoms with Crippen molar-refractivity contribution in [3.8, 4) is 0 Å². The summed E-state index contributed by atoms with van der Waals surface area (Å²) in [6, 6.07) is 2.51. The minimum absolute atomic E-state index is 0.0412. The summed E-state index contributed by atoms with van der Waals surface area (Å²) in [5.41, 5.74) is 3.04. The molecule has 0 aromatic heterocycles. The molecule has 4 atom stereocenters. The number of alkyl carbamates (subject to hydrolysis) is 1. The van der Waals surface area contributed by atoms with E-state index in [-0.39, 0.29) is 26.0 Å². The number of nitrogens with one attached hydrogen (secondary N) is 3. The van der Waals surface area contributed by atoms with Gasteiger partial charge in [0.1, 0.15) is 24.2 Å². The number of nitrogens with zero attached hydrogens (tertiary/aromatic N) is 2. The third kappa shape index (κ3) is 9.29. The number of benzene rings is 1. The van der Waals surface area contributed by atoms with Gasteiger partial charge in [-0.25, -0.2) is 18.0 Å². The fourth-order valence-corrected chi connectivity index (χ4v) is 8.36. The monoisotopic (exact) mass is 725 g/mol. The van der Waals surface area contributed by atoms with Crippen LogP contribution in [0.15, 0.2) is 36.4 Å². The number of hydrogen-bond donors (Lipinski definition) is 3. The Balaban J connectivity index is 1.26. The molecular formula is C36H47N5O9S. The molecule has 1 aliphatic carbocycles. The standard InChI is InChI=1S/C36H47N5O9S/c42-32(39-51(47,48)27-17-18-27)29-15-8-3-1-2-4-9-16-30-34(44)41-22-26(20-31(41)33(43)37-29)50-36(46)40-21-25-14-11-13-24(28(25)23-40)12-7-5-6-10-19-49-35(45)38-30/h3,7-8,11-14,26-27,29-31H,1-2,4-6,9-10,15-23H2,(H,37,43)(H,38,45)(H,39,42)/b8-3-,12-7+/t26-,29?,30+,31+/m1/s1. The normalized spacial score (nSPS) is 28.3. The molecule has 1 unspecified atom stereocenters. The number of sulfonamides is 1. The van der Waals surface area contributed by atoms with Crippen molar-refractivity contribution in [1.29, 1.82) is 0 Å². The summed E-state index contributed by atoms with van der Waals surface area (Å²) in [4.78, 5) is 70.8. The third-order valence-electron chi connectivity index (χ3n) is 10.0. The maximum atomic E-state index is 14.2. The average Bonchev–Trinajstić information content (AvgIpc) is 3.74. The van der Waals surface area contributed by atoms with Gasteiger partial charge in [-0.3, -0.25) is 24.0 Å². The molecule has 5 bridgehead atoms. The Labute approximate surface area is 298 Å². The molecule has 1 saturated carbocycles. The van der Waals surface area contributed by atoms with Gasteiger partial charge in [0.05, 0.1) is 24.9 Å². The molecule has 4 heterocycles. The highest BCUT2D eigenvalue weighted by Gasteiger charge is 2.45. The van der Waals surface area contributed by atoms with Crippen LogP contribution in [0.5, 0.6) is 0 Å². The fourth-order valence-electron chi connectivity index (χ4n) is 7.02. The first-order valence-corrected chi connectivity index (χ1v) is 19.6. The quantitative estimate of drug-likeness (QED) is 0.394. The number of fused-ring (bicyclic) bond motifs is 3. The van der Waals surface area contributed by atoms with E-state index in [0.717, 1.165) is 42.4 Å². The molecule has 0 radical (unpaired) electrons. The molecule has 0 spiro atoms. The Morgan fingerprint density at radius 2 is 1.71 bits per heavy atom. The van der Waals surface area contributed by atoms with Crippen LogP contribution in [0.1, 0.15) is 93.7 Å². The van der Waals surface area contributed by atoms with E-state index in [4.69, 9.17) is 9.47 Å². The number of cyclic esters (lactones) is 1. The molecule has 5 aliphatic rings. The SMILES string of the molecule is O=C1N[C@H]2CCCCC/C=C\CC(C(=O)NS(=O)(=O)C3CC3)NC(=O)[C@@H]3C[C@H](CN3C2=O)OC(=O)N2Cc3cccc(c3C2)/C=C/CCCCO1. The maximum absolute atomic E-state index is 14.2. The van der Waals surface area contributed by atoms with Gasteiger partial charge in [-0.05, 0) is 74.5 Å². The van der Waals surface area contributed by atoms with Crippen molar-refractivity contribution in [2.24, 2.45) is 0 Å². The lowest BCUT2D eigenvalue weighted by atomic mass is 10.0. The zero-order valence-corrected chi connectivity index (χ0v) is 29.5. The van der Waals surface area contributed by atoms with E-state index < -0.39 is 69.4 Å². The highest BCUT2D eigenvalue weighted by molar-refractivity contribution is 7.90. The second-order valence-corrected chi connectivity index (χ2v) is 15.9. The molecule has 5 amide bonds. The lowest BCUT2D eigenvalue weighted by Crippen LogP contribution is -2.56. The lowest BCUT2D eigenvalue weighted by molar-refractivity contribution is -0.141. The van der Waals surface area contributed by atoms with Gasteiger partial charge < -0.3 is 25.0 Å². The molecule has 1 aromatic rings. The average molecular weight is 726 g/mol. The summed E-state index contributed by atoms with van der Waals surface area (Å²) in [7, 11) is -3.88. The number of carbonyl (C=O) groups is 5. The lowest BCUT2D eigenvalue weighted by Gasteiger charge is -2.29. The minimum atomic E-state index is -3.88. The molecular weight excluding hydrogens is 678 g/mol. The summed E-state index contributed by atoms with van der Waals surface area (Å²) in [5.74, 6) is -2.09. The molecule has 15 heteroatoms. The number of allylic oxidation sites excluding steroid dienone is 2. The molecule has 1 aromatic carbocycles. The summed E-state index contributed by atoms with van der Waals surface area (Å²) < 4.78 is 38.7. The predicted octanol–water partition coefficient (Wildman–Crippen LogP) is 3.40. The second-order valence-electron chi connectivity index (χ2n) is 13.9. The first kappa shape index (κ1) is 36.4. The molecule has 6 rings (SSSR count). The van der Waals surface area contributed by atoms with Crippen molar-refractivity contribution in [1.82, 2.24) is 25.2 Å². The van der Waals surface area contributed by atoms with Gasteiger partial charge in [0.2, 0.25) is 21.8 Å². The predicted molar refractivity (Wildman–Crippen MR) is 186 cm³/mol. The minimum Gasteiger partial charge on any atom is -0.450 e. The molecule has 51 heavy (non-hydrogen) atoms. The molecule has 276 valence electrons. The smallest absolute Gasteiger partial charge is 0.410 e. The number of carbonyl (C=O) groups excluding carboxylic acids is 5. The van der Waals surface area contributed by atoms with Gasteiger partial charge in [0, 0.05) is 13.0 Å². The maximum Gasteiger partial charge on any atom is 0.410 e. The summed E-state index contributed by atoms with van der Waals surface area (Å²) >= 11 is 0. The van der Waals surface area contributed by atoms with Crippen LogP contribution in [0.3, 0.4) is 0 Å². The van der Waals surface area contributed by atoms with E-state index in [2.05, 4.69) is 21.4 Å². The number of hydrogen-bond acceptors (Lipinski definition) is 9. The molecule has 4 aliphatic heterocycles. The number of ether oxygens (including phenoxy) is 2. The van der Waals surface area contributed by atoms with Gasteiger partial charge in [-0.2, -0.15) is 0 Å². The molecule has 14 nitrogen and oxygen atoms in total. The van der Waals surface area contributed by atoms with Gasteiger partial charge in [-0.1, -0.05) is 55.3 Å². The summed E-state index contributed by atoms with van der Waals surface area (Å²) in [6.07, 6.45) is 11.8. The van der Waals surface area contributed by atoms with E-state index in [1.807, 2.05) is 30.4 Å². The number of amides is 5. The largest absolute Gasteiger partial charge is 0.450 e. The highest BCUT2D eigenvalue weighted by Crippen LogP contribution is 2.30. The van der Waals surface area contributed by atoms with Crippen molar-refractivity contribution < 1.29 is 41.9 Å². The topological polar surface area (TPSA) is 181 Å². The summed E-state index contributed by atoms with van der Waals surface area (Å²) in [6.45, 7) is 0.769. The van der Waals surface area contributed by atoms with E-state index in [0.29, 0.717) is 51.6 Å². The van der Waals surface area contributed by atoms with E-state index in [9.17, 15) is 32.4 Å². The fraction of sp³-hybridized carbons (Fsp3) is 0.583. The van der Waals surface area contributed by atoms with Crippen LogP contribution in [-0.2, 0) is 47.0 Å². The van der Waals surface area contributed by atoms with Gasteiger partial charge in [-0.15, -0.1) is 0 Å². The van der Waals surface area contributed by atoms with Crippen LogP contribution in [0.4, 0.5) is 9.59 Å². The molecule has 1 saturated heterocycles. The van der Waals surface area contributed by atoms with Crippen molar-refractivity contribution >= 4 is 46.0 Å². The number of rotatable bonds is 3. The summed E-state index contributed by atoms with van der Waals surface area (Å²) in [5, 5.41) is 4.76. The van der Waals surface area contributed by atoms with Gasteiger partial charge in [0.15, 0.2) is 0 Å². The van der Waals surface area contributed by atoms with Gasteiger partial charge >= 0.3 is 12.2 Å². The highest BCUT2D eigenvalue weighted by atomic mass is 32.2. The van der Waals surface area contributed by atoms with Crippen LogP contribution in [-0.4, -0.2) is 90.8 Å². The third-order valence-corrected chi connectivity index (χ3v) is 11.9. The van der Waals surface area contributed by atoms with Crippen LogP contribution >= 0.6 is 0 Å². The van der Waals surface area contributed by atoms with Crippen molar-refractivity contribution in [2.75, 3.05) is 13.2 Å². The van der Waals surface area contributed by atoms with E-state index in [1.165, 1.54) is 4.90 Å². The Morgan fingerprint density at radius 3 is 2.53 bits per heavy atom. The molecule has 3 N–H and O–H groups in total. The van der Waals surface area contributed by atoms with Crippen LogP contribution in [0, 0.1) is 0 Å². The zero-order valence-electron chi connectivity index (χ0n) is 28.7. The van der Waals surface area contributed by atoms with Gasteiger partial charge in [0.25, 0.3) is 5.91 Å². The van der Waals surface area contributed by atoms with E-state index in [1.54, 1.807) is 11.0 Å². The second kappa shape index (κ2) is 16.3. The Kier molecular flexibility index (Phi) is 11.6. The van der Waals surface area contributed by atoms with E-state index >= 15 is 0 Å². The van der Waals surface area contributed by atoms with Crippen molar-refractivity contribution in [3.05, 3.63) is 53.1 Å². The first-order valence-electron chi connectivity index (χ1n) is 18.1. The van der Waals surface area contributed by atoms with Crippen LogP contribution in [0.25, 0.3) is 6.08 Å². The van der Waals surface area contributed by atoms with Crippen molar-refractivity contribution in [2.45, 2.75) is 120 Å². The van der Waals surface area contributed by atoms with Crippen LogP contribution in [0.2, 0.25) is 0 Å². The van der Waals surface area contributed by atoms with Crippen molar-refractivity contribution in [3.63, 3.8) is 0 Å².